The molecule has 2 fully saturated rings. The Balaban J connectivity index is 1.68. The van der Waals surface area contributed by atoms with E-state index in [1.807, 2.05) is 25.1 Å². The average Bonchev–Trinajstić information content (AvgIpc) is 3.09. The summed E-state index contributed by atoms with van der Waals surface area (Å²) in [4.78, 5) is 16.9. The molecule has 0 radical (unpaired) electrons. The number of nitrogens with zero attached hydrogens (tertiary/aromatic N) is 1. The number of fused-ring (bicyclic) bond motifs is 2. The first-order valence-corrected chi connectivity index (χ1v) is 7.86. The third kappa shape index (κ3) is 2.20. The van der Waals surface area contributed by atoms with Gasteiger partial charge in [-0.15, -0.1) is 0 Å². The fraction of sp³-hybridized carbons (Fsp3) is 0.412. The highest BCUT2D eigenvalue weighted by Gasteiger charge is 2.48. The summed E-state index contributed by atoms with van der Waals surface area (Å²) in [6.45, 7) is 1.98. The maximum Gasteiger partial charge on any atom is 0.227 e. The average molecular weight is 301 g/mol. The zero-order chi connectivity index (χ0) is 14.6. The second-order valence-corrected chi connectivity index (χ2v) is 6.77. The molecule has 4 rings (SSSR count). The fourth-order valence-electron chi connectivity index (χ4n) is 3.66. The second kappa shape index (κ2) is 4.70. The normalized spacial score (nSPS) is 26.7. The number of carbonyl (C=O) groups is 1. The van der Waals surface area contributed by atoms with Crippen molar-refractivity contribution in [2.45, 2.75) is 26.2 Å². The monoisotopic (exact) mass is 300 g/mol. The lowest BCUT2D eigenvalue weighted by molar-refractivity contribution is -0.119. The number of aryl methyl sites for hydroxylation is 1. The van der Waals surface area contributed by atoms with E-state index in [1.165, 1.54) is 6.42 Å². The van der Waals surface area contributed by atoms with E-state index in [0.717, 1.165) is 41.1 Å². The van der Waals surface area contributed by atoms with Gasteiger partial charge >= 0.3 is 0 Å². The van der Waals surface area contributed by atoms with Gasteiger partial charge in [-0.05, 0) is 61.8 Å². The minimum absolute atomic E-state index is 0.109. The van der Waals surface area contributed by atoms with Crippen LogP contribution >= 0.6 is 11.6 Å². The minimum Gasteiger partial charge on any atom is -0.324 e. The molecule has 1 amide bonds. The van der Waals surface area contributed by atoms with Crippen molar-refractivity contribution >= 4 is 34.1 Å². The molecule has 1 N–H and O–H groups in total. The lowest BCUT2D eigenvalue weighted by Crippen LogP contribution is -2.22. The maximum atomic E-state index is 12.5. The topological polar surface area (TPSA) is 42.0 Å². The quantitative estimate of drug-likeness (QED) is 0.904. The molecule has 2 unspecified atom stereocenters. The SMILES string of the molecule is Cc1cc(Cl)c(NC(=O)C2CC3CC3C2)c2cccnc12. The summed E-state index contributed by atoms with van der Waals surface area (Å²) >= 11 is 6.35. The molecule has 2 atom stereocenters. The lowest BCUT2D eigenvalue weighted by atomic mass is 10.0. The molecule has 1 aromatic carbocycles. The van der Waals surface area contributed by atoms with Gasteiger partial charge in [0.25, 0.3) is 0 Å². The highest BCUT2D eigenvalue weighted by atomic mass is 35.5. The number of nitrogens with one attached hydrogen (secondary N) is 1. The van der Waals surface area contributed by atoms with Gasteiger partial charge in [0, 0.05) is 17.5 Å². The Bertz CT molecular complexity index is 733. The van der Waals surface area contributed by atoms with Crippen LogP contribution < -0.4 is 5.32 Å². The Morgan fingerprint density at radius 3 is 2.86 bits per heavy atom. The van der Waals surface area contributed by atoms with Crippen LogP contribution in [0.2, 0.25) is 5.02 Å². The van der Waals surface area contributed by atoms with Crippen LogP contribution in [-0.2, 0) is 4.79 Å². The molecule has 1 heterocycles. The second-order valence-electron chi connectivity index (χ2n) is 6.36. The number of anilines is 1. The first kappa shape index (κ1) is 13.1. The third-order valence-electron chi connectivity index (χ3n) is 4.90. The summed E-state index contributed by atoms with van der Waals surface area (Å²) in [6, 6.07) is 5.71. The van der Waals surface area contributed by atoms with Crippen LogP contribution in [0.1, 0.15) is 24.8 Å². The van der Waals surface area contributed by atoms with Gasteiger partial charge in [0.1, 0.15) is 0 Å². The molecule has 0 spiro atoms. The van der Waals surface area contributed by atoms with Crippen molar-refractivity contribution in [2.24, 2.45) is 17.8 Å². The van der Waals surface area contributed by atoms with Gasteiger partial charge in [-0.3, -0.25) is 9.78 Å². The van der Waals surface area contributed by atoms with Crippen LogP contribution in [0.15, 0.2) is 24.4 Å². The van der Waals surface area contributed by atoms with Crippen LogP contribution in [0.5, 0.6) is 0 Å². The van der Waals surface area contributed by atoms with E-state index in [2.05, 4.69) is 10.3 Å². The maximum absolute atomic E-state index is 12.5. The number of hydrogen-bond acceptors (Lipinski definition) is 2. The molecular formula is C17H17ClN2O. The van der Waals surface area contributed by atoms with Crippen molar-refractivity contribution in [3.63, 3.8) is 0 Å². The summed E-state index contributed by atoms with van der Waals surface area (Å²) < 4.78 is 0. The molecule has 2 aliphatic rings. The first-order valence-electron chi connectivity index (χ1n) is 7.48. The Morgan fingerprint density at radius 2 is 2.10 bits per heavy atom. The zero-order valence-electron chi connectivity index (χ0n) is 11.9. The fourth-order valence-corrected chi connectivity index (χ4v) is 3.97. The number of pyridine rings is 1. The number of rotatable bonds is 2. The van der Waals surface area contributed by atoms with Crippen LogP contribution in [0, 0.1) is 24.7 Å². The Hall–Kier alpha value is -1.61. The van der Waals surface area contributed by atoms with E-state index in [9.17, 15) is 4.79 Å². The van der Waals surface area contributed by atoms with Gasteiger partial charge in [0.2, 0.25) is 5.91 Å². The lowest BCUT2D eigenvalue weighted by Gasteiger charge is -2.16. The van der Waals surface area contributed by atoms with Gasteiger partial charge in [-0.2, -0.15) is 0 Å². The van der Waals surface area contributed by atoms with E-state index in [1.54, 1.807) is 6.20 Å². The zero-order valence-corrected chi connectivity index (χ0v) is 12.7. The number of carbonyl (C=O) groups excluding carboxylic acids is 1. The summed E-state index contributed by atoms with van der Waals surface area (Å²) in [7, 11) is 0. The molecule has 0 saturated heterocycles. The summed E-state index contributed by atoms with van der Waals surface area (Å²) in [6.07, 6.45) is 5.16. The Labute approximate surface area is 128 Å². The Kier molecular flexibility index (Phi) is 2.93. The van der Waals surface area contributed by atoms with Crippen LogP contribution in [0.25, 0.3) is 10.9 Å². The predicted molar refractivity (Wildman–Crippen MR) is 84.4 cm³/mol. The molecule has 0 bridgehead atoms. The smallest absolute Gasteiger partial charge is 0.227 e. The van der Waals surface area contributed by atoms with Gasteiger partial charge in [-0.25, -0.2) is 0 Å². The molecule has 2 aromatic rings. The van der Waals surface area contributed by atoms with Crippen molar-refractivity contribution in [3.8, 4) is 0 Å². The highest BCUT2D eigenvalue weighted by molar-refractivity contribution is 6.35. The molecule has 21 heavy (non-hydrogen) atoms. The van der Waals surface area contributed by atoms with Gasteiger partial charge in [0.05, 0.1) is 16.2 Å². The van der Waals surface area contributed by atoms with Crippen molar-refractivity contribution in [1.29, 1.82) is 0 Å². The van der Waals surface area contributed by atoms with Crippen molar-refractivity contribution < 1.29 is 4.79 Å². The number of amides is 1. The molecule has 2 aliphatic carbocycles. The van der Waals surface area contributed by atoms with Gasteiger partial charge in [-0.1, -0.05) is 11.6 Å². The molecule has 1 aromatic heterocycles. The number of hydrogen-bond donors (Lipinski definition) is 1. The van der Waals surface area contributed by atoms with Crippen LogP contribution in [-0.4, -0.2) is 10.9 Å². The first-order chi connectivity index (χ1) is 10.1. The van der Waals surface area contributed by atoms with Crippen molar-refractivity contribution in [2.75, 3.05) is 5.32 Å². The van der Waals surface area contributed by atoms with E-state index >= 15 is 0 Å². The predicted octanol–water partition coefficient (Wildman–Crippen LogP) is 4.18. The molecule has 3 nitrogen and oxygen atoms in total. The number of halogens is 1. The van der Waals surface area contributed by atoms with Crippen molar-refractivity contribution in [3.05, 3.63) is 35.0 Å². The number of aromatic nitrogens is 1. The largest absolute Gasteiger partial charge is 0.324 e. The van der Waals surface area contributed by atoms with Gasteiger partial charge < -0.3 is 5.32 Å². The summed E-state index contributed by atoms with van der Waals surface area (Å²) in [5, 5.41) is 4.56. The highest BCUT2D eigenvalue weighted by Crippen LogP contribution is 2.54. The minimum atomic E-state index is 0.109. The van der Waals surface area contributed by atoms with Gasteiger partial charge in [0.15, 0.2) is 0 Å². The van der Waals surface area contributed by atoms with E-state index in [4.69, 9.17) is 11.6 Å². The standard InChI is InChI=1S/C17H17ClN2O/c1-9-5-14(18)16(13-3-2-4-19-15(9)13)20-17(21)12-7-10-6-11(10)8-12/h2-5,10-12H,6-8H2,1H3,(H,20,21). The summed E-state index contributed by atoms with van der Waals surface area (Å²) in [5.41, 5.74) is 2.62. The summed E-state index contributed by atoms with van der Waals surface area (Å²) in [5.74, 6) is 1.86. The third-order valence-corrected chi connectivity index (χ3v) is 5.19. The van der Waals surface area contributed by atoms with Crippen LogP contribution in [0.4, 0.5) is 5.69 Å². The van der Waals surface area contributed by atoms with E-state index in [-0.39, 0.29) is 11.8 Å². The molecule has 4 heteroatoms. The molecule has 108 valence electrons. The van der Waals surface area contributed by atoms with Crippen LogP contribution in [0.3, 0.4) is 0 Å². The number of benzene rings is 1. The molecule has 2 saturated carbocycles. The van der Waals surface area contributed by atoms with Crippen molar-refractivity contribution in [1.82, 2.24) is 4.98 Å². The molecule has 0 aliphatic heterocycles. The van der Waals surface area contributed by atoms with E-state index in [0.29, 0.717) is 10.7 Å². The van der Waals surface area contributed by atoms with E-state index < -0.39 is 0 Å². The molecular weight excluding hydrogens is 284 g/mol. The Morgan fingerprint density at radius 1 is 1.33 bits per heavy atom.